The molecule has 1 aliphatic rings. The molecule has 4 heteroatoms. The zero-order chi connectivity index (χ0) is 11.1. The van der Waals surface area contributed by atoms with Gasteiger partial charge in [0.2, 0.25) is 0 Å². The van der Waals surface area contributed by atoms with Crippen molar-refractivity contribution in [3.05, 3.63) is 33.6 Å². The van der Waals surface area contributed by atoms with Gasteiger partial charge in [-0.25, -0.2) is 4.39 Å². The van der Waals surface area contributed by atoms with Crippen molar-refractivity contribution < 1.29 is 4.39 Å². The van der Waals surface area contributed by atoms with Crippen molar-refractivity contribution in [1.82, 2.24) is 0 Å². The molecule has 0 unspecified atom stereocenters. The Morgan fingerprint density at radius 3 is 2.40 bits per heavy atom. The quantitative estimate of drug-likeness (QED) is 0.683. The van der Waals surface area contributed by atoms with Crippen LogP contribution in [0.25, 0.3) is 0 Å². The second-order valence-corrected chi connectivity index (χ2v) is 4.61. The van der Waals surface area contributed by atoms with Crippen LogP contribution in [0, 0.1) is 17.1 Å². The molecular formula is C11H8Cl2FN. The maximum atomic E-state index is 13.3. The standard InChI is InChI=1S/C11H8Cl2FN/c12-8-5-9(13)10(14)4-7(8)11(6-15)2-1-3-11/h4-5H,1-3H2. The molecule has 0 aromatic heterocycles. The van der Waals surface area contributed by atoms with Crippen molar-refractivity contribution in [1.29, 1.82) is 5.26 Å². The zero-order valence-corrected chi connectivity index (χ0v) is 9.37. The van der Waals surface area contributed by atoms with Gasteiger partial charge in [0.15, 0.2) is 0 Å². The average molecular weight is 244 g/mol. The topological polar surface area (TPSA) is 23.8 Å². The molecule has 1 aromatic carbocycles. The number of benzene rings is 1. The Balaban J connectivity index is 2.54. The fourth-order valence-electron chi connectivity index (χ4n) is 1.86. The SMILES string of the molecule is N#CC1(c2cc(F)c(Cl)cc2Cl)CCC1. The predicted molar refractivity (Wildman–Crippen MR) is 57.6 cm³/mol. The van der Waals surface area contributed by atoms with Gasteiger partial charge in [-0.15, -0.1) is 0 Å². The maximum Gasteiger partial charge on any atom is 0.142 e. The molecule has 0 radical (unpaired) electrons. The molecule has 1 nitrogen and oxygen atoms in total. The Bertz CT molecular complexity index is 447. The van der Waals surface area contributed by atoms with E-state index in [0.29, 0.717) is 10.6 Å². The summed E-state index contributed by atoms with van der Waals surface area (Å²) in [6.45, 7) is 0. The summed E-state index contributed by atoms with van der Waals surface area (Å²) >= 11 is 11.6. The van der Waals surface area contributed by atoms with E-state index in [-0.39, 0.29) is 5.02 Å². The van der Waals surface area contributed by atoms with Gasteiger partial charge in [0.1, 0.15) is 5.82 Å². The summed E-state index contributed by atoms with van der Waals surface area (Å²) in [6, 6.07) is 4.88. The van der Waals surface area contributed by atoms with E-state index in [1.807, 2.05) is 0 Å². The van der Waals surface area contributed by atoms with Crippen molar-refractivity contribution in [3.63, 3.8) is 0 Å². The largest absolute Gasteiger partial charge is 0.205 e. The molecule has 1 aliphatic carbocycles. The summed E-state index contributed by atoms with van der Waals surface area (Å²) in [5.74, 6) is -0.516. The molecule has 15 heavy (non-hydrogen) atoms. The van der Waals surface area contributed by atoms with Gasteiger partial charge >= 0.3 is 0 Å². The minimum Gasteiger partial charge on any atom is -0.205 e. The number of rotatable bonds is 1. The Labute approximate surface area is 97.4 Å². The van der Waals surface area contributed by atoms with Crippen LogP contribution in [-0.2, 0) is 5.41 Å². The van der Waals surface area contributed by atoms with Crippen molar-refractivity contribution in [3.8, 4) is 6.07 Å². The first-order valence-corrected chi connectivity index (χ1v) is 5.41. The molecule has 0 heterocycles. The van der Waals surface area contributed by atoms with Crippen LogP contribution < -0.4 is 0 Å². The van der Waals surface area contributed by atoms with Crippen molar-refractivity contribution in [2.45, 2.75) is 24.7 Å². The molecule has 1 aromatic rings. The third-order valence-electron chi connectivity index (χ3n) is 2.95. The van der Waals surface area contributed by atoms with E-state index in [1.54, 1.807) is 0 Å². The molecule has 0 aliphatic heterocycles. The first-order valence-electron chi connectivity index (χ1n) is 4.65. The lowest BCUT2D eigenvalue weighted by atomic mass is 9.65. The van der Waals surface area contributed by atoms with Gasteiger partial charge in [-0.3, -0.25) is 0 Å². The molecule has 0 spiro atoms. The van der Waals surface area contributed by atoms with E-state index in [4.69, 9.17) is 28.5 Å². The van der Waals surface area contributed by atoms with Crippen LogP contribution in [0.4, 0.5) is 4.39 Å². The number of hydrogen-bond acceptors (Lipinski definition) is 1. The molecule has 0 bridgehead atoms. The maximum absolute atomic E-state index is 13.3. The first-order chi connectivity index (χ1) is 7.09. The lowest BCUT2D eigenvalue weighted by molar-refractivity contribution is 0.323. The van der Waals surface area contributed by atoms with Gasteiger partial charge in [-0.1, -0.05) is 23.2 Å². The lowest BCUT2D eigenvalue weighted by Gasteiger charge is -2.36. The molecular weight excluding hydrogens is 236 g/mol. The fourth-order valence-corrected chi connectivity index (χ4v) is 2.43. The lowest BCUT2D eigenvalue weighted by Crippen LogP contribution is -2.32. The molecule has 1 saturated carbocycles. The smallest absolute Gasteiger partial charge is 0.142 e. The molecule has 78 valence electrons. The van der Waals surface area contributed by atoms with Gasteiger partial charge in [0.25, 0.3) is 0 Å². The summed E-state index contributed by atoms with van der Waals surface area (Å²) in [7, 11) is 0. The van der Waals surface area contributed by atoms with Crippen LogP contribution >= 0.6 is 23.2 Å². The van der Waals surface area contributed by atoms with Gasteiger partial charge < -0.3 is 0 Å². The van der Waals surface area contributed by atoms with Crippen LogP contribution in [0.1, 0.15) is 24.8 Å². The second-order valence-electron chi connectivity index (χ2n) is 3.79. The summed E-state index contributed by atoms with van der Waals surface area (Å²) in [4.78, 5) is 0. The summed E-state index contributed by atoms with van der Waals surface area (Å²) < 4.78 is 13.3. The van der Waals surface area contributed by atoms with E-state index in [2.05, 4.69) is 6.07 Å². The van der Waals surface area contributed by atoms with E-state index in [1.165, 1.54) is 12.1 Å². The monoisotopic (exact) mass is 243 g/mol. The Kier molecular flexibility index (Phi) is 2.62. The Morgan fingerprint density at radius 1 is 1.27 bits per heavy atom. The van der Waals surface area contributed by atoms with Gasteiger partial charge in [-0.2, -0.15) is 5.26 Å². The summed E-state index contributed by atoms with van der Waals surface area (Å²) in [5, 5.41) is 9.48. The minimum absolute atomic E-state index is 0.00355. The minimum atomic E-state index is -0.595. The van der Waals surface area contributed by atoms with Gasteiger partial charge in [0, 0.05) is 5.02 Å². The third kappa shape index (κ3) is 1.60. The molecule has 0 N–H and O–H groups in total. The third-order valence-corrected chi connectivity index (χ3v) is 3.55. The van der Waals surface area contributed by atoms with Crippen molar-refractivity contribution in [2.75, 3.05) is 0 Å². The highest BCUT2D eigenvalue weighted by Gasteiger charge is 2.40. The Hall–Kier alpha value is -0.780. The summed E-state index contributed by atoms with van der Waals surface area (Å²) in [5.41, 5.74) is -0.0255. The molecule has 0 amide bonds. The molecule has 0 saturated heterocycles. The summed E-state index contributed by atoms with van der Waals surface area (Å²) in [6.07, 6.45) is 2.46. The number of hydrogen-bond donors (Lipinski definition) is 0. The van der Waals surface area contributed by atoms with E-state index < -0.39 is 11.2 Å². The fraction of sp³-hybridized carbons (Fsp3) is 0.364. The number of halogens is 3. The first kappa shape index (κ1) is 10.7. The average Bonchev–Trinajstić information content (AvgIpc) is 2.12. The van der Waals surface area contributed by atoms with Crippen LogP contribution in [0.2, 0.25) is 10.0 Å². The number of nitrogens with zero attached hydrogens (tertiary/aromatic N) is 1. The van der Waals surface area contributed by atoms with Crippen LogP contribution in [0.15, 0.2) is 12.1 Å². The zero-order valence-electron chi connectivity index (χ0n) is 7.86. The number of nitriles is 1. The van der Waals surface area contributed by atoms with Crippen LogP contribution in [0.3, 0.4) is 0 Å². The van der Waals surface area contributed by atoms with Gasteiger partial charge in [0.05, 0.1) is 16.5 Å². The van der Waals surface area contributed by atoms with Crippen LogP contribution in [0.5, 0.6) is 0 Å². The highest BCUT2D eigenvalue weighted by atomic mass is 35.5. The second kappa shape index (κ2) is 3.66. The van der Waals surface area contributed by atoms with Crippen molar-refractivity contribution in [2.24, 2.45) is 0 Å². The highest BCUT2D eigenvalue weighted by molar-refractivity contribution is 6.35. The van der Waals surface area contributed by atoms with E-state index >= 15 is 0 Å². The molecule has 2 rings (SSSR count). The van der Waals surface area contributed by atoms with Crippen molar-refractivity contribution >= 4 is 23.2 Å². The van der Waals surface area contributed by atoms with Crippen LogP contribution in [-0.4, -0.2) is 0 Å². The van der Waals surface area contributed by atoms with E-state index in [0.717, 1.165) is 19.3 Å². The predicted octanol–water partition coefficient (Wildman–Crippen LogP) is 4.08. The van der Waals surface area contributed by atoms with Gasteiger partial charge in [-0.05, 0) is 37.0 Å². The highest BCUT2D eigenvalue weighted by Crippen LogP contribution is 2.46. The van der Waals surface area contributed by atoms with E-state index in [9.17, 15) is 4.39 Å². The normalized spacial score (nSPS) is 18.0. The molecule has 1 fully saturated rings. The molecule has 0 atom stereocenters. The Morgan fingerprint density at radius 2 is 1.93 bits per heavy atom.